The van der Waals surface area contributed by atoms with Gasteiger partial charge in [-0.25, -0.2) is 9.59 Å². The predicted molar refractivity (Wildman–Crippen MR) is 68.6 cm³/mol. The predicted octanol–water partition coefficient (Wildman–Crippen LogP) is 0.0635. The molecule has 0 spiro atoms. The summed E-state index contributed by atoms with van der Waals surface area (Å²) in [5, 5.41) is 16.9. The lowest BCUT2D eigenvalue weighted by Gasteiger charge is -2.29. The minimum atomic E-state index is -1.07. The van der Waals surface area contributed by atoms with Crippen molar-refractivity contribution >= 4 is 17.9 Å². The zero-order chi connectivity index (χ0) is 14.6. The van der Waals surface area contributed by atoms with E-state index in [1.807, 2.05) is 0 Å². The summed E-state index contributed by atoms with van der Waals surface area (Å²) in [6, 6.07) is -1.65. The van der Waals surface area contributed by atoms with Crippen LogP contribution in [0, 0.1) is 5.41 Å². The molecule has 1 fully saturated rings. The molecule has 7 nitrogen and oxygen atoms in total. The first-order valence-corrected chi connectivity index (χ1v) is 6.26. The van der Waals surface area contributed by atoms with Crippen LogP contribution in [0.5, 0.6) is 0 Å². The van der Waals surface area contributed by atoms with E-state index in [0.29, 0.717) is 19.4 Å². The number of hydrogen-bond acceptors (Lipinski definition) is 3. The Bertz CT molecular complexity index is 366. The van der Waals surface area contributed by atoms with Gasteiger partial charge in [0.25, 0.3) is 0 Å². The van der Waals surface area contributed by atoms with Crippen molar-refractivity contribution in [3.8, 4) is 0 Å². The fraction of sp³-hybridized carbons (Fsp3) is 0.750. The summed E-state index contributed by atoms with van der Waals surface area (Å²) in [6.45, 7) is 5.60. The number of piperidine rings is 1. The lowest BCUT2D eigenvalue weighted by Crippen LogP contribution is -2.56. The van der Waals surface area contributed by atoms with Crippen LogP contribution in [0.4, 0.5) is 4.79 Å². The zero-order valence-electron chi connectivity index (χ0n) is 11.4. The molecule has 2 atom stereocenters. The van der Waals surface area contributed by atoms with Crippen LogP contribution in [0.1, 0.15) is 33.6 Å². The van der Waals surface area contributed by atoms with Gasteiger partial charge in [0.1, 0.15) is 6.04 Å². The Morgan fingerprint density at radius 3 is 2.47 bits per heavy atom. The van der Waals surface area contributed by atoms with Gasteiger partial charge < -0.3 is 21.1 Å². The second-order valence-electron chi connectivity index (χ2n) is 5.79. The van der Waals surface area contributed by atoms with E-state index in [1.165, 1.54) is 0 Å². The fourth-order valence-corrected chi connectivity index (χ4v) is 1.86. The molecule has 1 heterocycles. The number of carbonyl (C=O) groups excluding carboxylic acids is 2. The number of aliphatic carboxylic acids is 1. The summed E-state index contributed by atoms with van der Waals surface area (Å²) >= 11 is 0. The van der Waals surface area contributed by atoms with Crippen LogP contribution in [0.2, 0.25) is 0 Å². The largest absolute Gasteiger partial charge is 0.480 e. The molecule has 0 aliphatic carbocycles. The summed E-state index contributed by atoms with van der Waals surface area (Å²) in [6.07, 6.45) is 0.930. The summed E-state index contributed by atoms with van der Waals surface area (Å²) < 4.78 is 0. The van der Waals surface area contributed by atoms with E-state index in [1.54, 1.807) is 20.8 Å². The second-order valence-corrected chi connectivity index (χ2v) is 5.79. The minimum absolute atomic E-state index is 0.0310. The van der Waals surface area contributed by atoms with Gasteiger partial charge in [-0.2, -0.15) is 0 Å². The highest BCUT2D eigenvalue weighted by Crippen LogP contribution is 2.19. The molecule has 1 aliphatic heterocycles. The van der Waals surface area contributed by atoms with E-state index in [9.17, 15) is 14.4 Å². The Hall–Kier alpha value is -1.79. The van der Waals surface area contributed by atoms with E-state index >= 15 is 0 Å². The molecule has 0 bridgehead atoms. The molecule has 1 aliphatic rings. The van der Waals surface area contributed by atoms with Crippen molar-refractivity contribution in [1.82, 2.24) is 16.0 Å². The Balaban J connectivity index is 2.49. The first-order valence-electron chi connectivity index (χ1n) is 6.26. The summed E-state index contributed by atoms with van der Waals surface area (Å²) in [7, 11) is 0. The van der Waals surface area contributed by atoms with Gasteiger partial charge in [0.2, 0.25) is 5.91 Å². The van der Waals surface area contributed by atoms with Crippen LogP contribution in [0.15, 0.2) is 0 Å². The molecule has 0 aromatic heterocycles. The molecule has 0 radical (unpaired) electrons. The van der Waals surface area contributed by atoms with Crippen LogP contribution in [0.25, 0.3) is 0 Å². The molecule has 1 rings (SSSR count). The normalized spacial score (nSPS) is 21.2. The Labute approximate surface area is 112 Å². The van der Waals surface area contributed by atoms with Crippen molar-refractivity contribution in [3.63, 3.8) is 0 Å². The number of carboxylic acid groups (broad SMARTS) is 1. The fourth-order valence-electron chi connectivity index (χ4n) is 1.86. The van der Waals surface area contributed by atoms with Crippen molar-refractivity contribution in [2.24, 2.45) is 5.41 Å². The van der Waals surface area contributed by atoms with Gasteiger partial charge in [-0.3, -0.25) is 4.79 Å². The number of nitrogens with one attached hydrogen (secondary N) is 3. The standard InChI is InChI=1S/C12H21N3O4/c1-12(2,3)9(10(17)18)15-11(19)14-7-4-5-8(16)13-6-7/h7,9H,4-6H2,1-3H3,(H,13,16)(H,17,18)(H2,14,15,19)/t7?,9-/m0/s1. The maximum atomic E-state index is 11.8. The molecule has 108 valence electrons. The third kappa shape index (κ3) is 4.76. The smallest absolute Gasteiger partial charge is 0.326 e. The van der Waals surface area contributed by atoms with Gasteiger partial charge in [0.05, 0.1) is 0 Å². The van der Waals surface area contributed by atoms with E-state index < -0.39 is 23.5 Å². The average molecular weight is 271 g/mol. The van der Waals surface area contributed by atoms with E-state index in [-0.39, 0.29) is 11.9 Å². The number of carboxylic acids is 1. The maximum Gasteiger partial charge on any atom is 0.326 e. The lowest BCUT2D eigenvalue weighted by molar-refractivity contribution is -0.141. The summed E-state index contributed by atoms with van der Waals surface area (Å²) in [4.78, 5) is 33.8. The van der Waals surface area contributed by atoms with E-state index in [0.717, 1.165) is 0 Å². The molecule has 4 N–H and O–H groups in total. The highest BCUT2D eigenvalue weighted by Gasteiger charge is 2.33. The van der Waals surface area contributed by atoms with Crippen LogP contribution in [-0.4, -0.2) is 41.6 Å². The van der Waals surface area contributed by atoms with Gasteiger partial charge in [0, 0.05) is 19.0 Å². The average Bonchev–Trinajstić information content (AvgIpc) is 2.27. The molecule has 0 saturated carbocycles. The van der Waals surface area contributed by atoms with Gasteiger partial charge in [-0.15, -0.1) is 0 Å². The molecule has 3 amide bonds. The van der Waals surface area contributed by atoms with Crippen molar-refractivity contribution in [2.45, 2.75) is 45.7 Å². The van der Waals surface area contributed by atoms with Gasteiger partial charge in [-0.1, -0.05) is 20.8 Å². The van der Waals surface area contributed by atoms with Crippen molar-refractivity contribution in [2.75, 3.05) is 6.54 Å². The zero-order valence-corrected chi connectivity index (χ0v) is 11.4. The first kappa shape index (κ1) is 15.3. The van der Waals surface area contributed by atoms with Gasteiger partial charge in [0.15, 0.2) is 0 Å². The SMILES string of the molecule is CC(C)(C)[C@@H](NC(=O)NC1CCC(=O)NC1)C(=O)O. The quantitative estimate of drug-likeness (QED) is 0.582. The molecule has 0 aromatic carbocycles. The Morgan fingerprint density at radius 1 is 1.42 bits per heavy atom. The highest BCUT2D eigenvalue weighted by molar-refractivity contribution is 5.83. The van der Waals surface area contributed by atoms with Crippen LogP contribution in [-0.2, 0) is 9.59 Å². The van der Waals surface area contributed by atoms with Crippen molar-refractivity contribution in [3.05, 3.63) is 0 Å². The molecule has 1 saturated heterocycles. The lowest BCUT2D eigenvalue weighted by atomic mass is 9.87. The molecule has 19 heavy (non-hydrogen) atoms. The molecular weight excluding hydrogens is 250 g/mol. The minimum Gasteiger partial charge on any atom is -0.480 e. The van der Waals surface area contributed by atoms with E-state index in [4.69, 9.17) is 5.11 Å². The second kappa shape index (κ2) is 5.90. The topological polar surface area (TPSA) is 108 Å². The third-order valence-electron chi connectivity index (χ3n) is 2.99. The number of rotatable bonds is 3. The molecular formula is C12H21N3O4. The van der Waals surface area contributed by atoms with Crippen molar-refractivity contribution < 1.29 is 19.5 Å². The van der Waals surface area contributed by atoms with Crippen LogP contribution >= 0.6 is 0 Å². The van der Waals surface area contributed by atoms with Crippen LogP contribution in [0.3, 0.4) is 0 Å². The third-order valence-corrected chi connectivity index (χ3v) is 2.99. The summed E-state index contributed by atoms with van der Waals surface area (Å²) in [5.41, 5.74) is -0.579. The van der Waals surface area contributed by atoms with Crippen molar-refractivity contribution in [1.29, 1.82) is 0 Å². The number of hydrogen-bond donors (Lipinski definition) is 4. The maximum absolute atomic E-state index is 11.8. The number of amides is 3. The Morgan fingerprint density at radius 2 is 2.05 bits per heavy atom. The molecule has 7 heteroatoms. The highest BCUT2D eigenvalue weighted by atomic mass is 16.4. The molecule has 0 aromatic rings. The Kier molecular flexibility index (Phi) is 4.74. The van der Waals surface area contributed by atoms with E-state index in [2.05, 4.69) is 16.0 Å². The molecule has 1 unspecified atom stereocenters. The first-order chi connectivity index (χ1) is 8.70. The number of urea groups is 1. The monoisotopic (exact) mass is 271 g/mol. The number of carbonyl (C=O) groups is 3. The van der Waals surface area contributed by atoms with Gasteiger partial charge in [-0.05, 0) is 11.8 Å². The summed E-state index contributed by atoms with van der Waals surface area (Å²) in [5.74, 6) is -1.10. The van der Waals surface area contributed by atoms with Crippen LogP contribution < -0.4 is 16.0 Å². The van der Waals surface area contributed by atoms with Gasteiger partial charge >= 0.3 is 12.0 Å².